The molecule has 0 bridgehead atoms. The topological polar surface area (TPSA) is 47.9 Å². The molecule has 4 nitrogen and oxygen atoms in total. The number of benzene rings is 1. The average molecular weight is 315 g/mol. The SMILES string of the molecule is CCCCCOC1=C(C)C(=NOC(=O)c2ccccc2)CCC1. The molecule has 2 rings (SSSR count). The Hall–Kier alpha value is -2.10. The Morgan fingerprint density at radius 2 is 1.96 bits per heavy atom. The van der Waals surface area contributed by atoms with Crippen molar-refractivity contribution in [3.8, 4) is 0 Å². The first kappa shape index (κ1) is 17.3. The van der Waals surface area contributed by atoms with Crippen LogP contribution < -0.4 is 0 Å². The smallest absolute Gasteiger partial charge is 0.365 e. The molecule has 1 aromatic carbocycles. The molecule has 0 unspecified atom stereocenters. The summed E-state index contributed by atoms with van der Waals surface area (Å²) in [4.78, 5) is 17.0. The van der Waals surface area contributed by atoms with Crippen molar-refractivity contribution in [3.05, 3.63) is 47.2 Å². The van der Waals surface area contributed by atoms with Crippen molar-refractivity contribution in [2.75, 3.05) is 6.61 Å². The van der Waals surface area contributed by atoms with Crippen molar-refractivity contribution in [2.45, 2.75) is 52.4 Å². The lowest BCUT2D eigenvalue weighted by molar-refractivity contribution is 0.0515. The van der Waals surface area contributed by atoms with E-state index in [1.807, 2.05) is 13.0 Å². The number of hydrogen-bond acceptors (Lipinski definition) is 4. The summed E-state index contributed by atoms with van der Waals surface area (Å²) in [5, 5.41) is 4.06. The maximum atomic E-state index is 11.9. The molecule has 0 aromatic heterocycles. The van der Waals surface area contributed by atoms with Crippen molar-refractivity contribution < 1.29 is 14.4 Å². The maximum Gasteiger partial charge on any atom is 0.365 e. The molecular formula is C19H25NO3. The fraction of sp³-hybridized carbons (Fsp3) is 0.474. The van der Waals surface area contributed by atoms with Gasteiger partial charge in [0.15, 0.2) is 0 Å². The zero-order chi connectivity index (χ0) is 16.5. The highest BCUT2D eigenvalue weighted by molar-refractivity contribution is 6.01. The van der Waals surface area contributed by atoms with Crippen LogP contribution in [0.3, 0.4) is 0 Å². The number of nitrogens with zero attached hydrogens (tertiary/aromatic N) is 1. The Kier molecular flexibility index (Phi) is 6.85. The number of carbonyl (C=O) groups is 1. The molecule has 4 heteroatoms. The van der Waals surface area contributed by atoms with Crippen LogP contribution in [-0.4, -0.2) is 18.3 Å². The largest absolute Gasteiger partial charge is 0.498 e. The maximum absolute atomic E-state index is 11.9. The summed E-state index contributed by atoms with van der Waals surface area (Å²) < 4.78 is 5.88. The number of ether oxygens (including phenoxy) is 1. The second-order valence-corrected chi connectivity index (χ2v) is 5.74. The highest BCUT2D eigenvalue weighted by atomic mass is 16.7. The fourth-order valence-electron chi connectivity index (χ4n) is 2.52. The molecule has 1 aliphatic rings. The minimum absolute atomic E-state index is 0.429. The predicted octanol–water partition coefficient (Wildman–Crippen LogP) is 4.86. The van der Waals surface area contributed by atoms with Crippen LogP contribution in [0.5, 0.6) is 0 Å². The summed E-state index contributed by atoms with van der Waals surface area (Å²) in [5.41, 5.74) is 2.32. The van der Waals surface area contributed by atoms with Crippen LogP contribution in [0.2, 0.25) is 0 Å². The van der Waals surface area contributed by atoms with Gasteiger partial charge in [0.05, 0.1) is 17.9 Å². The van der Waals surface area contributed by atoms with Gasteiger partial charge in [-0.1, -0.05) is 43.1 Å². The second-order valence-electron chi connectivity index (χ2n) is 5.74. The molecule has 0 spiro atoms. The lowest BCUT2D eigenvalue weighted by Crippen LogP contribution is -2.14. The van der Waals surface area contributed by atoms with Crippen molar-refractivity contribution >= 4 is 11.7 Å². The monoisotopic (exact) mass is 315 g/mol. The number of hydrogen-bond donors (Lipinski definition) is 0. The van der Waals surface area contributed by atoms with Crippen LogP contribution in [0, 0.1) is 0 Å². The average Bonchev–Trinajstić information content (AvgIpc) is 2.59. The first-order valence-corrected chi connectivity index (χ1v) is 8.38. The van der Waals surface area contributed by atoms with E-state index in [1.54, 1.807) is 24.3 Å². The third-order valence-electron chi connectivity index (χ3n) is 3.94. The second kappa shape index (κ2) is 9.13. The lowest BCUT2D eigenvalue weighted by atomic mass is 9.97. The highest BCUT2D eigenvalue weighted by Gasteiger charge is 2.18. The number of allylic oxidation sites excluding steroid dienone is 2. The molecule has 1 aliphatic carbocycles. The van der Waals surface area contributed by atoms with Gasteiger partial charge in [-0.15, -0.1) is 0 Å². The third-order valence-corrected chi connectivity index (χ3v) is 3.94. The van der Waals surface area contributed by atoms with Crippen molar-refractivity contribution in [2.24, 2.45) is 5.16 Å². The van der Waals surface area contributed by atoms with Crippen molar-refractivity contribution in [3.63, 3.8) is 0 Å². The van der Waals surface area contributed by atoms with E-state index >= 15 is 0 Å². The molecule has 0 saturated heterocycles. The summed E-state index contributed by atoms with van der Waals surface area (Å²) in [6.45, 7) is 4.91. The minimum Gasteiger partial charge on any atom is -0.498 e. The summed E-state index contributed by atoms with van der Waals surface area (Å²) in [5.74, 6) is 0.559. The standard InChI is InChI=1S/C19H25NO3/c1-3-4-8-14-22-18-13-9-12-17(15(18)2)20-23-19(21)16-10-6-5-7-11-16/h5-7,10-11H,3-4,8-9,12-14H2,1-2H3. The van der Waals surface area contributed by atoms with Gasteiger partial charge in [-0.2, -0.15) is 0 Å². The molecule has 124 valence electrons. The van der Waals surface area contributed by atoms with E-state index in [4.69, 9.17) is 9.57 Å². The molecular weight excluding hydrogens is 290 g/mol. The van der Waals surface area contributed by atoms with E-state index in [0.717, 1.165) is 49.3 Å². The van der Waals surface area contributed by atoms with E-state index in [0.29, 0.717) is 5.56 Å². The minimum atomic E-state index is -0.429. The molecule has 0 amide bonds. The Balaban J connectivity index is 1.96. The van der Waals surface area contributed by atoms with Crippen LogP contribution in [-0.2, 0) is 9.57 Å². The van der Waals surface area contributed by atoms with Crippen LogP contribution in [0.4, 0.5) is 0 Å². The lowest BCUT2D eigenvalue weighted by Gasteiger charge is -2.19. The van der Waals surface area contributed by atoms with Gasteiger partial charge >= 0.3 is 5.97 Å². The molecule has 0 saturated carbocycles. The van der Waals surface area contributed by atoms with E-state index in [9.17, 15) is 4.79 Å². The zero-order valence-corrected chi connectivity index (χ0v) is 14.0. The van der Waals surface area contributed by atoms with Gasteiger partial charge < -0.3 is 9.57 Å². The predicted molar refractivity (Wildman–Crippen MR) is 91.3 cm³/mol. The van der Waals surface area contributed by atoms with Crippen LogP contribution in [0.25, 0.3) is 0 Å². The van der Waals surface area contributed by atoms with E-state index in [-0.39, 0.29) is 0 Å². The molecule has 0 fully saturated rings. The fourth-order valence-corrected chi connectivity index (χ4v) is 2.52. The zero-order valence-electron chi connectivity index (χ0n) is 14.0. The Morgan fingerprint density at radius 3 is 2.70 bits per heavy atom. The molecule has 1 aromatic rings. The number of oxime groups is 1. The number of unbranched alkanes of at least 4 members (excludes halogenated alkanes) is 2. The van der Waals surface area contributed by atoms with Gasteiger partial charge in [-0.25, -0.2) is 4.79 Å². The molecule has 0 atom stereocenters. The highest BCUT2D eigenvalue weighted by Crippen LogP contribution is 2.24. The van der Waals surface area contributed by atoms with Crippen LogP contribution in [0.1, 0.15) is 62.7 Å². The van der Waals surface area contributed by atoms with Gasteiger partial charge in [0.25, 0.3) is 0 Å². The normalized spacial score (nSPS) is 16.5. The Labute approximate surface area is 138 Å². The third kappa shape index (κ3) is 5.23. The van der Waals surface area contributed by atoms with E-state index in [2.05, 4.69) is 12.1 Å². The molecule has 0 radical (unpaired) electrons. The molecule has 0 aliphatic heterocycles. The first-order chi connectivity index (χ1) is 11.2. The van der Waals surface area contributed by atoms with Crippen LogP contribution >= 0.6 is 0 Å². The van der Waals surface area contributed by atoms with Crippen LogP contribution in [0.15, 0.2) is 46.8 Å². The Morgan fingerprint density at radius 1 is 1.17 bits per heavy atom. The van der Waals surface area contributed by atoms with Gasteiger partial charge in [0, 0.05) is 12.0 Å². The summed E-state index contributed by atoms with van der Waals surface area (Å²) in [6.07, 6.45) is 6.16. The van der Waals surface area contributed by atoms with E-state index in [1.165, 1.54) is 12.8 Å². The molecule has 0 N–H and O–H groups in total. The summed E-state index contributed by atoms with van der Waals surface area (Å²) in [6, 6.07) is 8.90. The van der Waals surface area contributed by atoms with Gasteiger partial charge in [-0.3, -0.25) is 0 Å². The first-order valence-electron chi connectivity index (χ1n) is 8.38. The molecule has 0 heterocycles. The summed E-state index contributed by atoms with van der Waals surface area (Å²) in [7, 11) is 0. The van der Waals surface area contributed by atoms with Crippen molar-refractivity contribution in [1.82, 2.24) is 0 Å². The number of carbonyl (C=O) groups excluding carboxylic acids is 1. The van der Waals surface area contributed by atoms with Gasteiger partial charge in [0.1, 0.15) is 5.76 Å². The Bertz CT molecular complexity index is 576. The van der Waals surface area contributed by atoms with Gasteiger partial charge in [-0.05, 0) is 38.3 Å². The molecule has 23 heavy (non-hydrogen) atoms. The van der Waals surface area contributed by atoms with Crippen molar-refractivity contribution in [1.29, 1.82) is 0 Å². The number of rotatable bonds is 7. The summed E-state index contributed by atoms with van der Waals surface area (Å²) >= 11 is 0. The quantitative estimate of drug-likeness (QED) is 0.410. The van der Waals surface area contributed by atoms with E-state index < -0.39 is 5.97 Å². The van der Waals surface area contributed by atoms with Gasteiger partial charge in [0.2, 0.25) is 0 Å².